The number of hydrogen-bond donors (Lipinski definition) is 1. The Kier molecular flexibility index (Phi) is 3.56. The first-order chi connectivity index (χ1) is 10.2. The summed E-state index contributed by atoms with van der Waals surface area (Å²) in [4.78, 5) is 13.0. The second-order valence-electron chi connectivity index (χ2n) is 8.40. The molecule has 0 saturated heterocycles. The van der Waals surface area contributed by atoms with Crippen LogP contribution in [-0.2, 0) is 9.53 Å². The number of Topliss-reactive ketones (excluding diaryl/α,β-unsaturated/α-hetero) is 1. The molecule has 0 aromatic rings. The fourth-order valence-electron chi connectivity index (χ4n) is 5.16. The lowest BCUT2D eigenvalue weighted by Gasteiger charge is -2.54. The molecule has 3 aliphatic rings. The van der Waals surface area contributed by atoms with E-state index >= 15 is 0 Å². The van der Waals surface area contributed by atoms with Crippen molar-refractivity contribution in [3.8, 4) is 0 Å². The number of carbonyl (C=O) groups is 1. The van der Waals surface area contributed by atoms with Crippen molar-refractivity contribution in [2.75, 3.05) is 6.61 Å². The van der Waals surface area contributed by atoms with Crippen molar-refractivity contribution in [1.29, 1.82) is 0 Å². The van der Waals surface area contributed by atoms with Gasteiger partial charge in [-0.1, -0.05) is 33.3 Å². The first-order valence-corrected chi connectivity index (χ1v) is 8.48. The van der Waals surface area contributed by atoms with Gasteiger partial charge in [0.25, 0.3) is 0 Å². The van der Waals surface area contributed by atoms with Gasteiger partial charge in [-0.3, -0.25) is 4.79 Å². The minimum atomic E-state index is -1.37. The van der Waals surface area contributed by atoms with Crippen LogP contribution in [0.1, 0.15) is 59.8 Å². The van der Waals surface area contributed by atoms with Gasteiger partial charge >= 0.3 is 0 Å². The van der Waals surface area contributed by atoms with Crippen LogP contribution in [0.4, 0.5) is 0 Å². The van der Waals surface area contributed by atoms with Gasteiger partial charge < -0.3 is 9.84 Å². The van der Waals surface area contributed by atoms with E-state index < -0.39 is 11.0 Å². The van der Waals surface area contributed by atoms with Crippen molar-refractivity contribution in [3.05, 3.63) is 23.5 Å². The first kappa shape index (κ1) is 15.8. The maximum Gasteiger partial charge on any atom is 0.170 e. The predicted molar refractivity (Wildman–Crippen MR) is 86.2 cm³/mol. The molecule has 3 heteroatoms. The van der Waals surface area contributed by atoms with E-state index in [2.05, 4.69) is 20.8 Å². The van der Waals surface area contributed by atoms with E-state index in [1.54, 1.807) is 6.26 Å². The Morgan fingerprint density at radius 3 is 2.68 bits per heavy atom. The molecule has 22 heavy (non-hydrogen) atoms. The Hall–Kier alpha value is -1.09. The lowest BCUT2D eigenvalue weighted by molar-refractivity contribution is -0.155. The molecule has 2 fully saturated rings. The van der Waals surface area contributed by atoms with E-state index in [1.807, 2.05) is 13.0 Å². The van der Waals surface area contributed by atoms with E-state index in [4.69, 9.17) is 4.74 Å². The van der Waals surface area contributed by atoms with Crippen molar-refractivity contribution in [2.24, 2.45) is 16.7 Å². The SMILES string of the molecule is C/C=C1/C2=COC[C@@H]2CC(=O)[C@]1(O)[C@@]1(C)CCCC(C)(C)C1. The third-order valence-electron chi connectivity index (χ3n) is 6.10. The number of aliphatic hydroxyl groups is 1. The van der Waals surface area contributed by atoms with Gasteiger partial charge in [-0.15, -0.1) is 0 Å². The zero-order valence-corrected chi connectivity index (χ0v) is 14.2. The number of allylic oxidation sites excluding steroid dienone is 1. The highest BCUT2D eigenvalue weighted by atomic mass is 16.5. The van der Waals surface area contributed by atoms with E-state index in [-0.39, 0.29) is 17.1 Å². The Morgan fingerprint density at radius 2 is 2.05 bits per heavy atom. The lowest BCUT2D eigenvalue weighted by Crippen LogP contribution is -2.59. The highest BCUT2D eigenvalue weighted by Gasteiger charge is 2.60. The molecule has 0 radical (unpaired) electrons. The molecule has 0 unspecified atom stereocenters. The van der Waals surface area contributed by atoms with Gasteiger partial charge in [-0.2, -0.15) is 0 Å². The average molecular weight is 304 g/mol. The zero-order valence-electron chi connectivity index (χ0n) is 14.2. The van der Waals surface area contributed by atoms with Crippen LogP contribution < -0.4 is 0 Å². The Morgan fingerprint density at radius 1 is 1.32 bits per heavy atom. The summed E-state index contributed by atoms with van der Waals surface area (Å²) in [7, 11) is 0. The molecule has 3 atom stereocenters. The van der Waals surface area contributed by atoms with Gasteiger partial charge in [-0.25, -0.2) is 0 Å². The predicted octanol–water partition coefficient (Wildman–Crippen LogP) is 3.77. The molecule has 2 aliphatic carbocycles. The van der Waals surface area contributed by atoms with Crippen LogP contribution in [0.5, 0.6) is 0 Å². The van der Waals surface area contributed by atoms with Crippen molar-refractivity contribution in [3.63, 3.8) is 0 Å². The molecule has 0 amide bonds. The van der Waals surface area contributed by atoms with Crippen LogP contribution >= 0.6 is 0 Å². The molecule has 3 nitrogen and oxygen atoms in total. The van der Waals surface area contributed by atoms with Crippen LogP contribution in [0.25, 0.3) is 0 Å². The molecule has 0 aromatic heterocycles. The molecule has 3 rings (SSSR count). The molecule has 1 aliphatic heterocycles. The summed E-state index contributed by atoms with van der Waals surface area (Å²) in [6.07, 6.45) is 8.08. The molecule has 0 bridgehead atoms. The summed E-state index contributed by atoms with van der Waals surface area (Å²) >= 11 is 0. The molecule has 0 aromatic carbocycles. The molecular formula is C19H28O3. The number of carbonyl (C=O) groups excluding carboxylic acids is 1. The minimum Gasteiger partial charge on any atom is -0.500 e. The van der Waals surface area contributed by atoms with E-state index in [0.29, 0.717) is 13.0 Å². The molecule has 1 N–H and O–H groups in total. The standard InChI is InChI=1S/C19H28O3/c1-5-15-14-11-22-10-13(14)9-16(20)19(15,21)18(4)8-6-7-17(2,3)12-18/h5,11,13,21H,6-10,12H2,1-4H3/b15-5-/t13-,18-,19-/m0/s1. The molecule has 2 saturated carbocycles. The molecule has 0 spiro atoms. The summed E-state index contributed by atoms with van der Waals surface area (Å²) in [5.41, 5.74) is 0.234. The molecular weight excluding hydrogens is 276 g/mol. The summed E-state index contributed by atoms with van der Waals surface area (Å²) in [5.74, 6) is 0.104. The molecule has 122 valence electrons. The monoisotopic (exact) mass is 304 g/mol. The highest BCUT2D eigenvalue weighted by molar-refractivity contribution is 5.95. The van der Waals surface area contributed by atoms with Crippen LogP contribution in [0.15, 0.2) is 23.5 Å². The number of hydrogen-bond acceptors (Lipinski definition) is 3. The normalized spacial score (nSPS) is 42.8. The third-order valence-corrected chi connectivity index (χ3v) is 6.10. The van der Waals surface area contributed by atoms with Gasteiger partial charge in [0.05, 0.1) is 12.9 Å². The summed E-state index contributed by atoms with van der Waals surface area (Å²) in [6.45, 7) is 9.09. The average Bonchev–Trinajstić information content (AvgIpc) is 2.86. The van der Waals surface area contributed by atoms with Crippen LogP contribution in [-0.4, -0.2) is 23.1 Å². The number of ketones is 1. The van der Waals surface area contributed by atoms with Crippen molar-refractivity contribution >= 4 is 5.78 Å². The number of ether oxygens (including phenoxy) is 1. The maximum atomic E-state index is 13.0. The van der Waals surface area contributed by atoms with E-state index in [9.17, 15) is 9.90 Å². The van der Waals surface area contributed by atoms with E-state index in [1.165, 1.54) is 0 Å². The summed E-state index contributed by atoms with van der Waals surface area (Å²) in [5, 5.41) is 11.6. The summed E-state index contributed by atoms with van der Waals surface area (Å²) in [6, 6.07) is 0. The Bertz CT molecular complexity index is 557. The quantitative estimate of drug-likeness (QED) is 0.802. The van der Waals surface area contributed by atoms with Crippen LogP contribution in [0, 0.1) is 16.7 Å². The Labute approximate surface area is 133 Å². The largest absolute Gasteiger partial charge is 0.500 e. The highest BCUT2D eigenvalue weighted by Crippen LogP contribution is 2.57. The first-order valence-electron chi connectivity index (χ1n) is 8.48. The fraction of sp³-hybridized carbons (Fsp3) is 0.737. The zero-order chi connectivity index (χ0) is 16.2. The minimum absolute atomic E-state index is 0.0200. The molecule has 1 heterocycles. The smallest absolute Gasteiger partial charge is 0.170 e. The van der Waals surface area contributed by atoms with Crippen molar-refractivity contribution in [1.82, 2.24) is 0 Å². The van der Waals surface area contributed by atoms with E-state index in [0.717, 1.165) is 36.8 Å². The second-order valence-corrected chi connectivity index (χ2v) is 8.40. The van der Waals surface area contributed by atoms with Crippen molar-refractivity contribution in [2.45, 2.75) is 65.4 Å². The van der Waals surface area contributed by atoms with Gasteiger partial charge in [0.15, 0.2) is 11.4 Å². The number of fused-ring (bicyclic) bond motifs is 1. The topological polar surface area (TPSA) is 46.5 Å². The lowest BCUT2D eigenvalue weighted by atomic mass is 9.52. The van der Waals surface area contributed by atoms with Gasteiger partial charge in [0.2, 0.25) is 0 Å². The van der Waals surface area contributed by atoms with Gasteiger partial charge in [-0.05, 0) is 42.7 Å². The van der Waals surface area contributed by atoms with Crippen LogP contribution in [0.2, 0.25) is 0 Å². The van der Waals surface area contributed by atoms with Crippen molar-refractivity contribution < 1.29 is 14.6 Å². The fourth-order valence-corrected chi connectivity index (χ4v) is 5.16. The third kappa shape index (κ3) is 2.09. The Balaban J connectivity index is 2.07. The summed E-state index contributed by atoms with van der Waals surface area (Å²) < 4.78 is 5.46. The second kappa shape index (κ2) is 4.95. The maximum absolute atomic E-state index is 13.0. The van der Waals surface area contributed by atoms with Crippen LogP contribution in [0.3, 0.4) is 0 Å². The number of rotatable bonds is 1. The van der Waals surface area contributed by atoms with Gasteiger partial charge in [0.1, 0.15) is 0 Å². The van der Waals surface area contributed by atoms with Gasteiger partial charge in [0, 0.05) is 17.8 Å².